The third-order valence-corrected chi connectivity index (χ3v) is 3.02. The number of aliphatic imine (C=N–C) groups is 1. The molecule has 0 saturated heterocycles. The Morgan fingerprint density at radius 3 is 3.11 bits per heavy atom. The van der Waals surface area contributed by atoms with Gasteiger partial charge in [0.15, 0.2) is 0 Å². The van der Waals surface area contributed by atoms with Gasteiger partial charge in [-0.25, -0.2) is 0 Å². The van der Waals surface area contributed by atoms with Crippen LogP contribution >= 0.6 is 0 Å². The first-order valence-corrected chi connectivity index (χ1v) is 6.20. The number of rotatable bonds is 4. The first-order chi connectivity index (χ1) is 8.90. The second-order valence-electron chi connectivity index (χ2n) is 4.36. The minimum atomic E-state index is 0.596. The van der Waals surface area contributed by atoms with Crippen LogP contribution in [0.3, 0.4) is 0 Å². The SMILES string of the molecule is CCCOCc1ccc2c3c(coc13)C=NC=C2. The van der Waals surface area contributed by atoms with E-state index in [0.29, 0.717) is 6.61 Å². The van der Waals surface area contributed by atoms with Crippen molar-refractivity contribution in [1.82, 2.24) is 0 Å². The summed E-state index contributed by atoms with van der Waals surface area (Å²) in [4.78, 5) is 4.19. The molecule has 0 spiro atoms. The molecule has 0 fully saturated rings. The molecule has 0 atom stereocenters. The van der Waals surface area contributed by atoms with Gasteiger partial charge in [0.05, 0.1) is 6.61 Å². The lowest BCUT2D eigenvalue weighted by Gasteiger charge is -2.05. The monoisotopic (exact) mass is 241 g/mol. The number of benzene rings is 1. The first kappa shape index (κ1) is 11.2. The van der Waals surface area contributed by atoms with Crippen molar-refractivity contribution in [2.24, 2.45) is 4.99 Å². The van der Waals surface area contributed by atoms with E-state index in [-0.39, 0.29) is 0 Å². The zero-order valence-electron chi connectivity index (χ0n) is 10.3. The molecule has 0 amide bonds. The van der Waals surface area contributed by atoms with Crippen molar-refractivity contribution in [2.45, 2.75) is 20.0 Å². The molecule has 3 heteroatoms. The highest BCUT2D eigenvalue weighted by Crippen LogP contribution is 2.30. The molecule has 1 aromatic heterocycles. The first-order valence-electron chi connectivity index (χ1n) is 6.20. The van der Waals surface area contributed by atoms with Crippen LogP contribution in [-0.2, 0) is 11.3 Å². The molecule has 0 N–H and O–H groups in total. The van der Waals surface area contributed by atoms with Crippen molar-refractivity contribution in [1.29, 1.82) is 0 Å². The van der Waals surface area contributed by atoms with E-state index in [0.717, 1.165) is 40.7 Å². The normalized spacial score (nSPS) is 13.2. The van der Waals surface area contributed by atoms with Crippen LogP contribution in [0.15, 0.2) is 34.0 Å². The second kappa shape index (κ2) is 4.78. The predicted octanol–water partition coefficient (Wildman–Crippen LogP) is 3.76. The van der Waals surface area contributed by atoms with Crippen molar-refractivity contribution < 1.29 is 9.15 Å². The van der Waals surface area contributed by atoms with E-state index < -0.39 is 0 Å². The standard InChI is InChI=1S/C15H15NO2/c1-2-7-17-9-12-4-3-11-5-6-16-8-13-10-18-15(12)14(11)13/h3-6,8,10H,2,7,9H2,1H3. The van der Waals surface area contributed by atoms with Crippen LogP contribution in [0.1, 0.15) is 30.0 Å². The molecule has 92 valence electrons. The van der Waals surface area contributed by atoms with Gasteiger partial charge in [0.25, 0.3) is 0 Å². The van der Waals surface area contributed by atoms with Gasteiger partial charge < -0.3 is 9.15 Å². The Morgan fingerprint density at radius 2 is 2.22 bits per heavy atom. The van der Waals surface area contributed by atoms with Gasteiger partial charge in [0, 0.05) is 35.5 Å². The molecule has 0 saturated carbocycles. The predicted molar refractivity (Wildman–Crippen MR) is 72.8 cm³/mol. The number of nitrogens with zero attached hydrogens (tertiary/aromatic N) is 1. The van der Waals surface area contributed by atoms with Crippen molar-refractivity contribution in [3.63, 3.8) is 0 Å². The zero-order chi connectivity index (χ0) is 12.4. The molecule has 2 aromatic rings. The lowest BCUT2D eigenvalue weighted by atomic mass is 10.0. The van der Waals surface area contributed by atoms with E-state index in [9.17, 15) is 0 Å². The quantitative estimate of drug-likeness (QED) is 0.764. The van der Waals surface area contributed by atoms with Crippen molar-refractivity contribution in [3.8, 4) is 0 Å². The average Bonchev–Trinajstić information content (AvgIpc) is 2.70. The van der Waals surface area contributed by atoms with Gasteiger partial charge in [-0.05, 0) is 18.1 Å². The number of hydrogen-bond acceptors (Lipinski definition) is 3. The summed E-state index contributed by atoms with van der Waals surface area (Å²) in [5.41, 5.74) is 4.18. The summed E-state index contributed by atoms with van der Waals surface area (Å²) in [5, 5.41) is 1.13. The summed E-state index contributed by atoms with van der Waals surface area (Å²) in [5.74, 6) is 0. The molecule has 0 radical (unpaired) electrons. The highest BCUT2D eigenvalue weighted by Gasteiger charge is 2.13. The molecule has 1 aliphatic heterocycles. The van der Waals surface area contributed by atoms with E-state index in [2.05, 4.69) is 24.0 Å². The van der Waals surface area contributed by atoms with E-state index in [4.69, 9.17) is 9.15 Å². The molecule has 1 aromatic carbocycles. The largest absolute Gasteiger partial charge is 0.463 e. The summed E-state index contributed by atoms with van der Waals surface area (Å²) in [6.07, 6.45) is 8.42. The Morgan fingerprint density at radius 1 is 1.28 bits per heavy atom. The third-order valence-electron chi connectivity index (χ3n) is 3.02. The maximum absolute atomic E-state index is 5.67. The Hall–Kier alpha value is -1.87. The Labute approximate surface area is 106 Å². The van der Waals surface area contributed by atoms with Gasteiger partial charge in [0.1, 0.15) is 11.8 Å². The van der Waals surface area contributed by atoms with Crippen LogP contribution in [0.5, 0.6) is 0 Å². The summed E-state index contributed by atoms with van der Waals surface area (Å²) in [6.45, 7) is 3.48. The maximum Gasteiger partial charge on any atom is 0.140 e. The molecule has 1 aliphatic rings. The summed E-state index contributed by atoms with van der Waals surface area (Å²) in [7, 11) is 0. The highest BCUT2D eigenvalue weighted by atomic mass is 16.5. The van der Waals surface area contributed by atoms with Gasteiger partial charge in [-0.3, -0.25) is 4.99 Å². The zero-order valence-corrected chi connectivity index (χ0v) is 10.3. The van der Waals surface area contributed by atoms with E-state index >= 15 is 0 Å². The number of ether oxygens (including phenoxy) is 1. The molecule has 18 heavy (non-hydrogen) atoms. The molecule has 3 nitrogen and oxygen atoms in total. The average molecular weight is 241 g/mol. The molecule has 0 bridgehead atoms. The van der Waals surface area contributed by atoms with Crippen LogP contribution in [0, 0.1) is 0 Å². The topological polar surface area (TPSA) is 34.7 Å². The fourth-order valence-corrected chi connectivity index (χ4v) is 2.18. The number of hydrogen-bond donors (Lipinski definition) is 0. The minimum Gasteiger partial charge on any atom is -0.463 e. The van der Waals surface area contributed by atoms with E-state index in [1.807, 2.05) is 18.5 Å². The van der Waals surface area contributed by atoms with Gasteiger partial charge in [-0.2, -0.15) is 0 Å². The Kier molecular flexibility index (Phi) is 2.99. The molecular formula is C15H15NO2. The maximum atomic E-state index is 5.67. The minimum absolute atomic E-state index is 0.596. The smallest absolute Gasteiger partial charge is 0.140 e. The van der Waals surface area contributed by atoms with Crippen LogP contribution in [0.4, 0.5) is 0 Å². The van der Waals surface area contributed by atoms with Crippen molar-refractivity contribution in [2.75, 3.05) is 6.61 Å². The van der Waals surface area contributed by atoms with E-state index in [1.54, 1.807) is 6.26 Å². The van der Waals surface area contributed by atoms with Gasteiger partial charge in [-0.1, -0.05) is 19.1 Å². The van der Waals surface area contributed by atoms with Crippen molar-refractivity contribution >= 4 is 23.3 Å². The second-order valence-corrected chi connectivity index (χ2v) is 4.36. The molecular weight excluding hydrogens is 226 g/mol. The fourth-order valence-electron chi connectivity index (χ4n) is 2.18. The lowest BCUT2D eigenvalue weighted by molar-refractivity contribution is 0.122. The van der Waals surface area contributed by atoms with Crippen LogP contribution in [-0.4, -0.2) is 12.8 Å². The summed E-state index contributed by atoms with van der Waals surface area (Å²) < 4.78 is 11.3. The summed E-state index contributed by atoms with van der Waals surface area (Å²) >= 11 is 0. The molecule has 2 heterocycles. The Balaban J connectivity index is 2.06. The fraction of sp³-hybridized carbons (Fsp3) is 0.267. The lowest BCUT2D eigenvalue weighted by Crippen LogP contribution is -1.95. The van der Waals surface area contributed by atoms with Gasteiger partial charge >= 0.3 is 0 Å². The third kappa shape index (κ3) is 1.87. The van der Waals surface area contributed by atoms with Gasteiger partial charge in [0.2, 0.25) is 0 Å². The molecule has 3 rings (SSSR count). The number of furan rings is 1. The summed E-state index contributed by atoms with van der Waals surface area (Å²) in [6, 6.07) is 4.16. The van der Waals surface area contributed by atoms with Gasteiger partial charge in [-0.15, -0.1) is 0 Å². The molecule has 0 aliphatic carbocycles. The van der Waals surface area contributed by atoms with Crippen molar-refractivity contribution in [3.05, 3.63) is 41.3 Å². The highest BCUT2D eigenvalue weighted by molar-refractivity contribution is 6.04. The van der Waals surface area contributed by atoms with Crippen LogP contribution in [0.25, 0.3) is 17.0 Å². The van der Waals surface area contributed by atoms with E-state index in [1.165, 1.54) is 0 Å². The van der Waals surface area contributed by atoms with Crippen LogP contribution < -0.4 is 0 Å². The molecule has 0 unspecified atom stereocenters. The van der Waals surface area contributed by atoms with Crippen LogP contribution in [0.2, 0.25) is 0 Å². The Bertz CT molecular complexity index is 623.